The van der Waals surface area contributed by atoms with Crippen molar-refractivity contribution >= 4 is 17.6 Å². The largest absolute Gasteiger partial charge is 0.508 e. The van der Waals surface area contributed by atoms with E-state index in [1.165, 1.54) is 12.5 Å². The van der Waals surface area contributed by atoms with Crippen molar-refractivity contribution in [2.24, 2.45) is 5.92 Å². The summed E-state index contributed by atoms with van der Waals surface area (Å²) >= 11 is 5.85. The first kappa shape index (κ1) is 14.2. The number of phenolic OH excluding ortho intramolecular Hbond substituents is 1. The fourth-order valence-electron chi connectivity index (χ4n) is 2.56. The van der Waals surface area contributed by atoms with Gasteiger partial charge in [-0.3, -0.25) is 4.79 Å². The number of rotatable bonds is 3. The Bertz CT molecular complexity index is 459. The summed E-state index contributed by atoms with van der Waals surface area (Å²) in [6.07, 6.45) is 4.30. The highest BCUT2D eigenvalue weighted by atomic mass is 35.5. The molecule has 3 nitrogen and oxygen atoms in total. The number of hydrogen-bond acceptors (Lipinski definition) is 3. The lowest BCUT2D eigenvalue weighted by Crippen LogP contribution is -2.25. The second-order valence-corrected chi connectivity index (χ2v) is 5.77. The standard InChI is InChI=1S/C15H19ClO3/c1-10-3-2-4-13(7-10)19-15(18)9-11-8-12(16)5-6-14(11)17/h5-6,8,10,13,17H,2-4,7,9H2,1H3. The van der Waals surface area contributed by atoms with Gasteiger partial charge in [0, 0.05) is 10.6 Å². The van der Waals surface area contributed by atoms with Gasteiger partial charge in [-0.2, -0.15) is 0 Å². The predicted octanol–water partition coefficient (Wildman–Crippen LogP) is 3.71. The highest BCUT2D eigenvalue weighted by Crippen LogP contribution is 2.27. The van der Waals surface area contributed by atoms with Crippen molar-refractivity contribution in [2.45, 2.75) is 45.1 Å². The van der Waals surface area contributed by atoms with Crippen molar-refractivity contribution in [3.8, 4) is 5.75 Å². The molecule has 2 rings (SSSR count). The minimum Gasteiger partial charge on any atom is -0.508 e. The Labute approximate surface area is 118 Å². The number of ether oxygens (including phenoxy) is 1. The summed E-state index contributed by atoms with van der Waals surface area (Å²) in [5, 5.41) is 10.2. The van der Waals surface area contributed by atoms with Gasteiger partial charge in [-0.1, -0.05) is 24.9 Å². The van der Waals surface area contributed by atoms with Crippen molar-refractivity contribution in [1.82, 2.24) is 0 Å². The molecule has 1 aliphatic rings. The van der Waals surface area contributed by atoms with Crippen LogP contribution in [0.5, 0.6) is 5.75 Å². The van der Waals surface area contributed by atoms with E-state index in [-0.39, 0.29) is 24.2 Å². The molecule has 0 spiro atoms. The van der Waals surface area contributed by atoms with Gasteiger partial charge in [0.25, 0.3) is 0 Å². The van der Waals surface area contributed by atoms with E-state index in [2.05, 4.69) is 6.92 Å². The van der Waals surface area contributed by atoms with Crippen LogP contribution < -0.4 is 0 Å². The van der Waals surface area contributed by atoms with Crippen LogP contribution in [0.2, 0.25) is 5.02 Å². The Kier molecular flexibility index (Phi) is 4.70. The molecule has 2 unspecified atom stereocenters. The van der Waals surface area contributed by atoms with Crippen LogP contribution in [0, 0.1) is 5.92 Å². The molecule has 0 bridgehead atoms. The van der Waals surface area contributed by atoms with Crippen LogP contribution in [-0.4, -0.2) is 17.2 Å². The molecule has 1 N–H and O–H groups in total. The van der Waals surface area contributed by atoms with Crippen molar-refractivity contribution in [1.29, 1.82) is 0 Å². The highest BCUT2D eigenvalue weighted by molar-refractivity contribution is 6.30. The molecule has 0 aliphatic heterocycles. The van der Waals surface area contributed by atoms with Crippen LogP contribution in [0.3, 0.4) is 0 Å². The summed E-state index contributed by atoms with van der Waals surface area (Å²) in [6, 6.07) is 4.68. The second kappa shape index (κ2) is 6.29. The molecule has 1 aromatic rings. The molecule has 1 saturated carbocycles. The number of esters is 1. The van der Waals surface area contributed by atoms with Crippen LogP contribution in [0.15, 0.2) is 18.2 Å². The van der Waals surface area contributed by atoms with Crippen LogP contribution in [0.4, 0.5) is 0 Å². The van der Waals surface area contributed by atoms with E-state index in [4.69, 9.17) is 16.3 Å². The van der Waals surface area contributed by atoms with E-state index in [1.807, 2.05) is 0 Å². The summed E-state index contributed by atoms with van der Waals surface area (Å²) in [5.74, 6) is 0.404. The zero-order valence-corrected chi connectivity index (χ0v) is 11.8. The van der Waals surface area contributed by atoms with Crippen molar-refractivity contribution in [2.75, 3.05) is 0 Å². The number of phenols is 1. The summed E-state index contributed by atoms with van der Waals surface area (Å²) in [4.78, 5) is 11.9. The summed E-state index contributed by atoms with van der Waals surface area (Å²) in [5.41, 5.74) is 0.515. The van der Waals surface area contributed by atoms with Gasteiger partial charge < -0.3 is 9.84 Å². The number of aromatic hydroxyl groups is 1. The SMILES string of the molecule is CC1CCCC(OC(=O)Cc2cc(Cl)ccc2O)C1. The average molecular weight is 283 g/mol. The van der Waals surface area contributed by atoms with Gasteiger partial charge >= 0.3 is 5.97 Å². The van der Waals surface area contributed by atoms with Crippen LogP contribution in [0.25, 0.3) is 0 Å². The molecule has 1 fully saturated rings. The van der Waals surface area contributed by atoms with E-state index in [9.17, 15) is 9.90 Å². The quantitative estimate of drug-likeness (QED) is 0.860. The maximum absolute atomic E-state index is 11.9. The minimum atomic E-state index is -0.295. The zero-order valence-electron chi connectivity index (χ0n) is 11.1. The number of halogens is 1. The fraction of sp³-hybridized carbons (Fsp3) is 0.533. The molecule has 19 heavy (non-hydrogen) atoms. The lowest BCUT2D eigenvalue weighted by molar-refractivity contribution is -0.150. The molecular formula is C15H19ClO3. The van der Waals surface area contributed by atoms with Gasteiger partial charge in [0.1, 0.15) is 11.9 Å². The Morgan fingerprint density at radius 2 is 2.26 bits per heavy atom. The summed E-state index contributed by atoms with van der Waals surface area (Å²) < 4.78 is 5.47. The van der Waals surface area contributed by atoms with Crippen LogP contribution in [0.1, 0.15) is 38.2 Å². The molecule has 0 saturated heterocycles. The molecule has 4 heteroatoms. The molecule has 1 aliphatic carbocycles. The molecular weight excluding hydrogens is 264 g/mol. The Hall–Kier alpha value is -1.22. The van der Waals surface area contributed by atoms with Crippen LogP contribution >= 0.6 is 11.6 Å². The van der Waals surface area contributed by atoms with E-state index in [0.717, 1.165) is 19.3 Å². The Balaban J connectivity index is 1.92. The van der Waals surface area contributed by atoms with E-state index < -0.39 is 0 Å². The van der Waals surface area contributed by atoms with Gasteiger partial charge in [-0.25, -0.2) is 0 Å². The van der Waals surface area contributed by atoms with Crippen LogP contribution in [-0.2, 0) is 16.0 Å². The number of hydrogen-bond donors (Lipinski definition) is 1. The molecule has 0 amide bonds. The van der Waals surface area contributed by atoms with Gasteiger partial charge in [-0.05, 0) is 43.4 Å². The molecule has 0 radical (unpaired) electrons. The topological polar surface area (TPSA) is 46.5 Å². The summed E-state index contributed by atoms with van der Waals surface area (Å²) in [7, 11) is 0. The zero-order chi connectivity index (χ0) is 13.8. The van der Waals surface area contributed by atoms with E-state index in [0.29, 0.717) is 16.5 Å². The molecule has 104 valence electrons. The third kappa shape index (κ3) is 4.13. The van der Waals surface area contributed by atoms with Gasteiger partial charge in [-0.15, -0.1) is 0 Å². The van der Waals surface area contributed by atoms with Crippen molar-refractivity contribution in [3.05, 3.63) is 28.8 Å². The number of benzene rings is 1. The van der Waals surface area contributed by atoms with E-state index >= 15 is 0 Å². The summed E-state index contributed by atoms with van der Waals surface area (Å²) in [6.45, 7) is 2.18. The first-order valence-electron chi connectivity index (χ1n) is 6.71. The smallest absolute Gasteiger partial charge is 0.310 e. The average Bonchev–Trinajstić information content (AvgIpc) is 2.34. The monoisotopic (exact) mass is 282 g/mol. The molecule has 2 atom stereocenters. The Morgan fingerprint density at radius 1 is 1.47 bits per heavy atom. The predicted molar refractivity (Wildman–Crippen MR) is 74.3 cm³/mol. The lowest BCUT2D eigenvalue weighted by Gasteiger charge is -2.26. The Morgan fingerprint density at radius 3 is 3.00 bits per heavy atom. The fourth-order valence-corrected chi connectivity index (χ4v) is 2.76. The van der Waals surface area contributed by atoms with Gasteiger partial charge in [0.05, 0.1) is 6.42 Å². The van der Waals surface area contributed by atoms with Crippen molar-refractivity contribution in [3.63, 3.8) is 0 Å². The number of carbonyl (C=O) groups excluding carboxylic acids is 1. The number of carbonyl (C=O) groups is 1. The molecule has 0 aromatic heterocycles. The molecule has 1 aromatic carbocycles. The first-order chi connectivity index (χ1) is 9.04. The molecule has 0 heterocycles. The third-order valence-corrected chi connectivity index (χ3v) is 3.80. The van der Waals surface area contributed by atoms with Gasteiger partial charge in [0.15, 0.2) is 0 Å². The third-order valence-electron chi connectivity index (χ3n) is 3.56. The minimum absolute atomic E-state index is 0.0255. The second-order valence-electron chi connectivity index (χ2n) is 5.33. The maximum atomic E-state index is 11.9. The van der Waals surface area contributed by atoms with Gasteiger partial charge in [0.2, 0.25) is 0 Å². The van der Waals surface area contributed by atoms with Crippen molar-refractivity contribution < 1.29 is 14.6 Å². The lowest BCUT2D eigenvalue weighted by atomic mass is 9.89. The highest BCUT2D eigenvalue weighted by Gasteiger charge is 2.22. The first-order valence-corrected chi connectivity index (χ1v) is 7.09. The van der Waals surface area contributed by atoms with E-state index in [1.54, 1.807) is 12.1 Å². The normalized spacial score (nSPS) is 23.1. The maximum Gasteiger partial charge on any atom is 0.310 e.